The second-order valence-corrected chi connectivity index (χ2v) is 13.3. The molecule has 0 amide bonds. The lowest BCUT2D eigenvalue weighted by molar-refractivity contribution is 0.123. The van der Waals surface area contributed by atoms with Gasteiger partial charge in [-0.2, -0.15) is 0 Å². The first-order valence-corrected chi connectivity index (χ1v) is 11.5. The van der Waals surface area contributed by atoms with Gasteiger partial charge in [0.25, 0.3) is 0 Å². The molecule has 0 bridgehead atoms. The summed E-state index contributed by atoms with van der Waals surface area (Å²) in [5.74, 6) is 2.21. The molecule has 1 atom stereocenters. The smallest absolute Gasteiger partial charge is 0.0284 e. The molecule has 0 spiro atoms. The van der Waals surface area contributed by atoms with Crippen LogP contribution in [0.25, 0.3) is 0 Å². The summed E-state index contributed by atoms with van der Waals surface area (Å²) in [6.45, 7) is 16.1. The van der Waals surface area contributed by atoms with Crippen molar-refractivity contribution in [1.82, 2.24) is 14.7 Å². The van der Waals surface area contributed by atoms with Crippen LogP contribution in [0, 0.1) is 5.92 Å². The van der Waals surface area contributed by atoms with Gasteiger partial charge < -0.3 is 4.90 Å². The van der Waals surface area contributed by atoms with Crippen LogP contribution in [0.4, 0.5) is 0 Å². The van der Waals surface area contributed by atoms with Crippen molar-refractivity contribution >= 4 is 10.0 Å². The van der Waals surface area contributed by atoms with E-state index in [1.807, 2.05) is 0 Å². The summed E-state index contributed by atoms with van der Waals surface area (Å²) in [6, 6.07) is 0. The maximum Gasteiger partial charge on any atom is 0.0284 e. The third-order valence-corrected chi connectivity index (χ3v) is 5.93. The number of hydrogen-bond donors (Lipinski definition) is 0. The van der Waals surface area contributed by atoms with Crippen LogP contribution >= 0.6 is 10.0 Å². The summed E-state index contributed by atoms with van der Waals surface area (Å²) < 4.78 is 0. The Kier molecular flexibility index (Phi) is 5.67. The lowest BCUT2D eigenvalue weighted by atomic mass is 10.1. The van der Waals surface area contributed by atoms with E-state index in [4.69, 9.17) is 0 Å². The Hall–Kier alpha value is 0.230. The van der Waals surface area contributed by atoms with Crippen LogP contribution in [-0.2, 0) is 0 Å². The first-order chi connectivity index (χ1) is 9.63. The Balaban J connectivity index is 1.70. The molecule has 0 aromatic rings. The van der Waals surface area contributed by atoms with Crippen molar-refractivity contribution in [3.63, 3.8) is 0 Å². The average molecular weight is 316 g/mol. The summed E-state index contributed by atoms with van der Waals surface area (Å²) in [5, 5.41) is 0. The molecule has 0 saturated carbocycles. The number of likely N-dealkylation sites (tertiary alicyclic amines) is 1. The van der Waals surface area contributed by atoms with E-state index < -0.39 is 0 Å². The fourth-order valence-electron chi connectivity index (χ4n) is 3.60. The number of hydrogen-bond acceptors (Lipinski definition) is 3. The molecular weight excluding hydrogens is 278 g/mol. The Morgan fingerprint density at radius 2 is 1.48 bits per heavy atom. The summed E-state index contributed by atoms with van der Waals surface area (Å²) in [5.41, 5.74) is 0.350. The molecule has 0 aromatic heterocycles. The van der Waals surface area contributed by atoms with Crippen LogP contribution in [0.5, 0.6) is 0 Å². The topological polar surface area (TPSA) is 9.72 Å². The van der Waals surface area contributed by atoms with Gasteiger partial charge in [0.05, 0.1) is 0 Å². The first-order valence-electron chi connectivity index (χ1n) is 8.49. The second-order valence-electron chi connectivity index (χ2n) is 8.91. The lowest BCUT2D eigenvalue weighted by Gasteiger charge is -2.40. The van der Waals surface area contributed by atoms with Gasteiger partial charge in [0.1, 0.15) is 0 Å². The molecule has 2 aliphatic heterocycles. The number of piperazine rings is 1. The monoisotopic (exact) mass is 315 g/mol. The van der Waals surface area contributed by atoms with Gasteiger partial charge in [-0.15, -0.1) is 0 Å². The van der Waals surface area contributed by atoms with Crippen molar-refractivity contribution < 1.29 is 0 Å². The van der Waals surface area contributed by atoms with Crippen LogP contribution in [0.2, 0.25) is 0 Å². The van der Waals surface area contributed by atoms with Crippen molar-refractivity contribution in [2.75, 3.05) is 70.5 Å². The second kappa shape index (κ2) is 6.77. The van der Waals surface area contributed by atoms with Crippen LogP contribution in [-0.4, -0.2) is 90.7 Å². The lowest BCUT2D eigenvalue weighted by Crippen LogP contribution is -2.48. The minimum Gasteiger partial charge on any atom is -0.300 e. The third kappa shape index (κ3) is 5.74. The molecule has 2 rings (SSSR count). The highest BCUT2D eigenvalue weighted by molar-refractivity contribution is 8.32. The fraction of sp³-hybridized carbons (Fsp3) is 1.00. The minimum absolute atomic E-state index is 0.350. The van der Waals surface area contributed by atoms with Gasteiger partial charge in [0.15, 0.2) is 0 Å². The number of rotatable bonds is 4. The molecule has 0 radical (unpaired) electrons. The van der Waals surface area contributed by atoms with Gasteiger partial charge in [0, 0.05) is 50.7 Å². The standard InChI is InChI=1S/C17H37N3S/c1-17(2,3)20-8-7-16(14-20)13-18-9-11-19(12-10-18)15-21(4,5)6/h16H,7-15H2,1-6H3. The highest BCUT2D eigenvalue weighted by Gasteiger charge is 2.31. The molecular formula is C17H37N3S. The van der Waals surface area contributed by atoms with Gasteiger partial charge in [-0.3, -0.25) is 9.80 Å². The van der Waals surface area contributed by atoms with Gasteiger partial charge in [0.2, 0.25) is 0 Å². The van der Waals surface area contributed by atoms with Gasteiger partial charge in [-0.05, 0) is 58.4 Å². The van der Waals surface area contributed by atoms with E-state index >= 15 is 0 Å². The Morgan fingerprint density at radius 3 is 1.95 bits per heavy atom. The normalized spacial score (nSPS) is 28.2. The van der Waals surface area contributed by atoms with E-state index in [-0.39, 0.29) is 10.0 Å². The third-order valence-electron chi connectivity index (χ3n) is 4.79. The van der Waals surface area contributed by atoms with Crippen LogP contribution in [0.3, 0.4) is 0 Å². The van der Waals surface area contributed by atoms with Gasteiger partial charge >= 0.3 is 0 Å². The molecule has 126 valence electrons. The minimum atomic E-state index is -0.387. The zero-order valence-corrected chi connectivity index (χ0v) is 16.0. The molecule has 0 aromatic carbocycles. The maximum absolute atomic E-state index is 2.71. The molecule has 3 nitrogen and oxygen atoms in total. The van der Waals surface area contributed by atoms with E-state index in [0.717, 1.165) is 5.92 Å². The van der Waals surface area contributed by atoms with Crippen molar-refractivity contribution in [3.8, 4) is 0 Å². The fourth-order valence-corrected chi connectivity index (χ4v) is 4.96. The summed E-state index contributed by atoms with van der Waals surface area (Å²) >= 11 is 0. The van der Waals surface area contributed by atoms with Crippen molar-refractivity contribution in [2.24, 2.45) is 5.92 Å². The highest BCUT2D eigenvalue weighted by Crippen LogP contribution is 2.35. The largest absolute Gasteiger partial charge is 0.300 e. The molecule has 2 saturated heterocycles. The SMILES string of the molecule is CC(C)(C)N1CCC(CN2CCN(CS(C)(C)C)CC2)C1. The van der Waals surface area contributed by atoms with E-state index in [2.05, 4.69) is 54.2 Å². The Labute approximate surface area is 134 Å². The van der Waals surface area contributed by atoms with Crippen LogP contribution in [0.1, 0.15) is 27.2 Å². The van der Waals surface area contributed by atoms with Gasteiger partial charge in [-0.1, -0.05) is 0 Å². The zero-order chi connectivity index (χ0) is 15.7. The zero-order valence-electron chi connectivity index (χ0n) is 15.2. The molecule has 4 heteroatoms. The van der Waals surface area contributed by atoms with Crippen molar-refractivity contribution in [3.05, 3.63) is 0 Å². The van der Waals surface area contributed by atoms with E-state index in [0.29, 0.717) is 5.54 Å². The highest BCUT2D eigenvalue weighted by atomic mass is 32.3. The summed E-state index contributed by atoms with van der Waals surface area (Å²) in [6.07, 6.45) is 8.68. The molecule has 0 aliphatic carbocycles. The molecule has 1 unspecified atom stereocenters. The van der Waals surface area contributed by atoms with Crippen LogP contribution < -0.4 is 0 Å². The molecule has 21 heavy (non-hydrogen) atoms. The molecule has 0 N–H and O–H groups in total. The Bertz CT molecular complexity index is 324. The quantitative estimate of drug-likeness (QED) is 0.789. The predicted molar refractivity (Wildman–Crippen MR) is 97.7 cm³/mol. The van der Waals surface area contributed by atoms with Gasteiger partial charge in [-0.25, -0.2) is 10.0 Å². The molecule has 2 heterocycles. The van der Waals surface area contributed by atoms with Crippen LogP contribution in [0.15, 0.2) is 0 Å². The van der Waals surface area contributed by atoms with E-state index in [1.165, 1.54) is 58.1 Å². The average Bonchev–Trinajstić information content (AvgIpc) is 2.78. The van der Waals surface area contributed by atoms with Crippen molar-refractivity contribution in [1.29, 1.82) is 0 Å². The molecule has 2 fully saturated rings. The first kappa shape index (κ1) is 17.6. The summed E-state index contributed by atoms with van der Waals surface area (Å²) in [7, 11) is -0.387. The predicted octanol–water partition coefficient (Wildman–Crippen LogP) is 2.38. The van der Waals surface area contributed by atoms with Crippen molar-refractivity contribution in [2.45, 2.75) is 32.7 Å². The van der Waals surface area contributed by atoms with E-state index in [1.54, 1.807) is 0 Å². The number of nitrogens with zero attached hydrogens (tertiary/aromatic N) is 3. The molecule has 2 aliphatic rings. The maximum atomic E-state index is 2.71. The Morgan fingerprint density at radius 1 is 0.905 bits per heavy atom. The summed E-state index contributed by atoms with van der Waals surface area (Å²) in [4.78, 5) is 8.06. The van der Waals surface area contributed by atoms with E-state index in [9.17, 15) is 0 Å².